The maximum Gasteiger partial charge on any atom is 0.148 e. The first-order valence-electron chi connectivity index (χ1n) is 3.34. The Kier molecular flexibility index (Phi) is 2.13. The molecule has 0 aromatic carbocycles. The van der Waals surface area contributed by atoms with Gasteiger partial charge in [-0.05, 0) is 30.6 Å². The topological polar surface area (TPSA) is 66.6 Å². The SMILES string of the molecule is CC(C)n1ccc(N=[N+]=[N-])n1. The maximum absolute atomic E-state index is 8.08. The third kappa shape index (κ3) is 1.72. The van der Waals surface area contributed by atoms with Crippen LogP contribution in [0.3, 0.4) is 0 Å². The summed E-state index contributed by atoms with van der Waals surface area (Å²) in [6.07, 6.45) is 1.79. The summed E-state index contributed by atoms with van der Waals surface area (Å²) in [5.41, 5.74) is 8.08. The van der Waals surface area contributed by atoms with E-state index in [1.54, 1.807) is 16.9 Å². The fourth-order valence-electron chi connectivity index (χ4n) is 0.715. The van der Waals surface area contributed by atoms with Gasteiger partial charge in [-0.1, -0.05) is 0 Å². The first-order chi connectivity index (χ1) is 5.24. The number of hydrogen-bond donors (Lipinski definition) is 0. The van der Waals surface area contributed by atoms with Gasteiger partial charge >= 0.3 is 0 Å². The van der Waals surface area contributed by atoms with Crippen LogP contribution in [0.1, 0.15) is 19.9 Å². The Morgan fingerprint density at radius 1 is 1.73 bits per heavy atom. The van der Waals surface area contributed by atoms with Gasteiger partial charge in [-0.2, -0.15) is 5.10 Å². The van der Waals surface area contributed by atoms with Gasteiger partial charge in [0.15, 0.2) is 0 Å². The van der Waals surface area contributed by atoms with Crippen LogP contribution in [0.5, 0.6) is 0 Å². The zero-order chi connectivity index (χ0) is 8.27. The van der Waals surface area contributed by atoms with Crippen LogP contribution in [0.15, 0.2) is 17.4 Å². The highest BCUT2D eigenvalue weighted by Gasteiger charge is 1.98. The molecule has 5 nitrogen and oxygen atoms in total. The standard InChI is InChI=1S/C6H9N5/c1-5(2)11-4-3-6(9-11)8-10-7/h3-5H,1-2H3. The average Bonchev–Trinajstić information content (AvgIpc) is 2.37. The van der Waals surface area contributed by atoms with Crippen LogP contribution in [0.25, 0.3) is 10.4 Å². The van der Waals surface area contributed by atoms with E-state index in [-0.39, 0.29) is 0 Å². The molecule has 0 spiro atoms. The second-order valence-corrected chi connectivity index (χ2v) is 2.44. The summed E-state index contributed by atoms with van der Waals surface area (Å²) in [5.74, 6) is 0.418. The van der Waals surface area contributed by atoms with Crippen LogP contribution in [-0.2, 0) is 0 Å². The number of rotatable bonds is 2. The number of nitrogens with zero attached hydrogens (tertiary/aromatic N) is 5. The minimum atomic E-state index is 0.303. The summed E-state index contributed by atoms with van der Waals surface area (Å²) < 4.78 is 1.74. The molecule has 0 fully saturated rings. The predicted octanol–water partition coefficient (Wildman–Crippen LogP) is 2.41. The van der Waals surface area contributed by atoms with Crippen molar-refractivity contribution < 1.29 is 0 Å². The Labute approximate surface area is 64.3 Å². The first-order valence-corrected chi connectivity index (χ1v) is 3.34. The molecule has 1 heterocycles. The zero-order valence-corrected chi connectivity index (χ0v) is 6.47. The van der Waals surface area contributed by atoms with Crippen LogP contribution < -0.4 is 0 Å². The maximum atomic E-state index is 8.08. The molecule has 11 heavy (non-hydrogen) atoms. The number of aromatic nitrogens is 2. The van der Waals surface area contributed by atoms with Crippen molar-refractivity contribution in [2.75, 3.05) is 0 Å². The van der Waals surface area contributed by atoms with Crippen LogP contribution in [0.4, 0.5) is 5.82 Å². The Morgan fingerprint density at radius 2 is 2.45 bits per heavy atom. The summed E-state index contributed by atoms with van der Waals surface area (Å²) in [6.45, 7) is 4.01. The van der Waals surface area contributed by atoms with E-state index in [1.807, 2.05) is 13.8 Å². The first kappa shape index (κ1) is 7.63. The van der Waals surface area contributed by atoms with E-state index in [9.17, 15) is 0 Å². The minimum Gasteiger partial charge on any atom is -0.270 e. The summed E-state index contributed by atoms with van der Waals surface area (Å²) >= 11 is 0. The molecule has 58 valence electrons. The molecule has 1 aromatic heterocycles. The minimum absolute atomic E-state index is 0.303. The van der Waals surface area contributed by atoms with Gasteiger partial charge in [-0.3, -0.25) is 4.68 Å². The number of azide groups is 1. The highest BCUT2D eigenvalue weighted by molar-refractivity contribution is 5.23. The lowest BCUT2D eigenvalue weighted by molar-refractivity contribution is 0.533. The summed E-state index contributed by atoms with van der Waals surface area (Å²) in [6, 6.07) is 1.98. The molecule has 0 aliphatic rings. The van der Waals surface area contributed by atoms with Crippen LogP contribution in [0, 0.1) is 0 Å². The highest BCUT2D eigenvalue weighted by atomic mass is 15.3. The third-order valence-corrected chi connectivity index (χ3v) is 1.27. The van der Waals surface area contributed by atoms with Crippen molar-refractivity contribution in [1.29, 1.82) is 0 Å². The van der Waals surface area contributed by atoms with E-state index >= 15 is 0 Å². The van der Waals surface area contributed by atoms with Crippen molar-refractivity contribution in [3.8, 4) is 0 Å². The average molecular weight is 151 g/mol. The monoisotopic (exact) mass is 151 g/mol. The molecule has 0 N–H and O–H groups in total. The lowest BCUT2D eigenvalue weighted by atomic mass is 10.4. The van der Waals surface area contributed by atoms with Gasteiger partial charge in [-0.25, -0.2) is 0 Å². The van der Waals surface area contributed by atoms with Crippen molar-refractivity contribution in [1.82, 2.24) is 9.78 Å². The van der Waals surface area contributed by atoms with Gasteiger partial charge in [0.2, 0.25) is 0 Å². The normalized spacial score (nSPS) is 9.73. The second kappa shape index (κ2) is 3.07. The van der Waals surface area contributed by atoms with Crippen LogP contribution >= 0.6 is 0 Å². The van der Waals surface area contributed by atoms with Gasteiger partial charge in [0.05, 0.1) is 0 Å². The van der Waals surface area contributed by atoms with E-state index < -0.39 is 0 Å². The van der Waals surface area contributed by atoms with Crippen LogP contribution in [0.2, 0.25) is 0 Å². The van der Waals surface area contributed by atoms with Crippen LogP contribution in [-0.4, -0.2) is 9.78 Å². The predicted molar refractivity (Wildman–Crippen MR) is 41.4 cm³/mol. The summed E-state index contributed by atoms with van der Waals surface area (Å²) in [4.78, 5) is 2.63. The van der Waals surface area contributed by atoms with Gasteiger partial charge in [0, 0.05) is 17.2 Å². The summed E-state index contributed by atoms with van der Waals surface area (Å²) in [5, 5.41) is 7.35. The molecule has 0 atom stereocenters. The van der Waals surface area contributed by atoms with Crippen molar-refractivity contribution in [3.63, 3.8) is 0 Å². The Morgan fingerprint density at radius 3 is 2.91 bits per heavy atom. The largest absolute Gasteiger partial charge is 0.270 e. The molecule has 0 radical (unpaired) electrons. The zero-order valence-electron chi connectivity index (χ0n) is 6.47. The molecule has 1 aromatic rings. The molecule has 1 rings (SSSR count). The quantitative estimate of drug-likeness (QED) is 0.363. The molecule has 0 saturated heterocycles. The van der Waals surface area contributed by atoms with Crippen molar-refractivity contribution in [3.05, 3.63) is 22.7 Å². The smallest absolute Gasteiger partial charge is 0.148 e. The lowest BCUT2D eigenvalue weighted by Gasteiger charge is -2.02. The fraction of sp³-hybridized carbons (Fsp3) is 0.500. The van der Waals surface area contributed by atoms with E-state index in [0.717, 1.165) is 0 Å². The van der Waals surface area contributed by atoms with Crippen molar-refractivity contribution >= 4 is 5.82 Å². The van der Waals surface area contributed by atoms with Crippen molar-refractivity contribution in [2.45, 2.75) is 19.9 Å². The Bertz CT molecular complexity index is 281. The van der Waals surface area contributed by atoms with Crippen molar-refractivity contribution in [2.24, 2.45) is 5.11 Å². The molecule has 5 heteroatoms. The van der Waals surface area contributed by atoms with E-state index in [4.69, 9.17) is 5.53 Å². The highest BCUT2D eigenvalue weighted by Crippen LogP contribution is 2.10. The molecule has 0 saturated carbocycles. The van der Waals surface area contributed by atoms with Gasteiger partial charge in [0.25, 0.3) is 0 Å². The second-order valence-electron chi connectivity index (χ2n) is 2.44. The van der Waals surface area contributed by atoms with E-state index in [0.29, 0.717) is 11.9 Å². The molecule has 0 aliphatic heterocycles. The van der Waals surface area contributed by atoms with Gasteiger partial charge in [-0.15, -0.1) is 0 Å². The van der Waals surface area contributed by atoms with Gasteiger partial charge in [0.1, 0.15) is 5.82 Å². The molecular weight excluding hydrogens is 142 g/mol. The molecule has 0 amide bonds. The lowest BCUT2D eigenvalue weighted by Crippen LogP contribution is -1.99. The van der Waals surface area contributed by atoms with E-state index in [2.05, 4.69) is 15.1 Å². The fourth-order valence-corrected chi connectivity index (χ4v) is 0.715. The third-order valence-electron chi connectivity index (χ3n) is 1.27. The number of hydrogen-bond acceptors (Lipinski definition) is 2. The van der Waals surface area contributed by atoms with E-state index in [1.165, 1.54) is 0 Å². The molecule has 0 unspecified atom stereocenters. The summed E-state index contributed by atoms with van der Waals surface area (Å²) in [7, 11) is 0. The Hall–Kier alpha value is -1.48. The molecule has 0 bridgehead atoms. The molecular formula is C6H9N5. The molecule has 0 aliphatic carbocycles. The Balaban J connectivity index is 2.90. The van der Waals surface area contributed by atoms with Gasteiger partial charge < -0.3 is 0 Å².